The molecule has 15 heavy (non-hydrogen) atoms. The molecule has 0 bridgehead atoms. The Hall–Kier alpha value is -1.57. The van der Waals surface area contributed by atoms with Gasteiger partial charge in [0.05, 0.1) is 7.11 Å². The summed E-state index contributed by atoms with van der Waals surface area (Å²) in [6, 6.07) is 4.19. The van der Waals surface area contributed by atoms with Crippen molar-refractivity contribution in [3.8, 4) is 0 Å². The van der Waals surface area contributed by atoms with Crippen molar-refractivity contribution in [3.05, 3.63) is 40.5 Å². The molecule has 2 nitrogen and oxygen atoms in total. The second-order valence-electron chi connectivity index (χ2n) is 3.65. The van der Waals surface area contributed by atoms with Crippen LogP contribution in [0.1, 0.15) is 22.3 Å². The number of rotatable bonds is 2. The lowest BCUT2D eigenvalue weighted by atomic mass is 10.0. The van der Waals surface area contributed by atoms with Crippen LogP contribution in [0.15, 0.2) is 18.2 Å². The Bertz CT molecular complexity index is 403. The Labute approximate surface area is 90.6 Å². The van der Waals surface area contributed by atoms with E-state index in [-0.39, 0.29) is 5.97 Å². The predicted octanol–water partition coefficient (Wildman–Crippen LogP) is 2.80. The maximum absolute atomic E-state index is 10.9. The van der Waals surface area contributed by atoms with Crippen LogP contribution < -0.4 is 0 Å². The van der Waals surface area contributed by atoms with Crippen molar-refractivity contribution < 1.29 is 9.53 Å². The smallest absolute Gasteiger partial charge is 0.330 e. The minimum Gasteiger partial charge on any atom is -0.466 e. The van der Waals surface area contributed by atoms with Crippen molar-refractivity contribution in [2.75, 3.05) is 7.11 Å². The third-order valence-electron chi connectivity index (χ3n) is 2.48. The van der Waals surface area contributed by atoms with E-state index in [1.807, 2.05) is 6.92 Å². The molecule has 0 aliphatic rings. The van der Waals surface area contributed by atoms with E-state index in [0.29, 0.717) is 0 Å². The summed E-state index contributed by atoms with van der Waals surface area (Å²) in [5.74, 6) is -0.326. The fourth-order valence-electron chi connectivity index (χ4n) is 1.39. The van der Waals surface area contributed by atoms with Gasteiger partial charge in [0.25, 0.3) is 0 Å². The zero-order valence-electron chi connectivity index (χ0n) is 9.63. The largest absolute Gasteiger partial charge is 0.466 e. The van der Waals surface area contributed by atoms with E-state index in [9.17, 15) is 4.79 Å². The van der Waals surface area contributed by atoms with E-state index in [1.165, 1.54) is 29.9 Å². The third kappa shape index (κ3) is 2.94. The van der Waals surface area contributed by atoms with E-state index in [0.717, 1.165) is 5.56 Å². The summed E-state index contributed by atoms with van der Waals surface area (Å²) in [6.07, 6.45) is 3.23. The summed E-state index contributed by atoms with van der Waals surface area (Å²) in [5.41, 5.74) is 4.72. The summed E-state index contributed by atoms with van der Waals surface area (Å²) in [6.45, 7) is 6.17. The minimum absolute atomic E-state index is 0.326. The van der Waals surface area contributed by atoms with Crippen LogP contribution in [0.25, 0.3) is 6.08 Å². The molecule has 0 fully saturated rings. The fourth-order valence-corrected chi connectivity index (χ4v) is 1.39. The number of methoxy groups -OCH3 is 1. The highest BCUT2D eigenvalue weighted by Gasteiger charge is 1.99. The number of hydrogen-bond acceptors (Lipinski definition) is 2. The molecule has 0 saturated heterocycles. The first kappa shape index (κ1) is 11.5. The van der Waals surface area contributed by atoms with Gasteiger partial charge in [0.15, 0.2) is 0 Å². The first-order valence-corrected chi connectivity index (χ1v) is 4.88. The van der Waals surface area contributed by atoms with Crippen molar-refractivity contribution in [3.63, 3.8) is 0 Å². The fraction of sp³-hybridized carbons (Fsp3) is 0.308. The SMILES string of the molecule is COC(=O)/C=C/c1cc(C)c(C)cc1C. The summed E-state index contributed by atoms with van der Waals surface area (Å²) >= 11 is 0. The lowest BCUT2D eigenvalue weighted by Gasteiger charge is -2.05. The first-order valence-electron chi connectivity index (χ1n) is 4.88. The molecular weight excluding hydrogens is 188 g/mol. The second kappa shape index (κ2) is 4.78. The lowest BCUT2D eigenvalue weighted by Crippen LogP contribution is -1.94. The van der Waals surface area contributed by atoms with Crippen LogP contribution in [0.4, 0.5) is 0 Å². The molecule has 0 saturated carbocycles. The van der Waals surface area contributed by atoms with Gasteiger partial charge in [0.1, 0.15) is 0 Å². The van der Waals surface area contributed by atoms with Crippen LogP contribution in [0, 0.1) is 20.8 Å². The summed E-state index contributed by atoms with van der Waals surface area (Å²) < 4.78 is 4.54. The van der Waals surface area contributed by atoms with Crippen molar-refractivity contribution in [1.82, 2.24) is 0 Å². The molecule has 0 spiro atoms. The molecule has 0 unspecified atom stereocenters. The monoisotopic (exact) mass is 204 g/mol. The quantitative estimate of drug-likeness (QED) is 0.547. The number of hydrogen-bond donors (Lipinski definition) is 0. The zero-order valence-corrected chi connectivity index (χ0v) is 9.63. The molecule has 1 aromatic carbocycles. The van der Waals surface area contributed by atoms with E-state index in [4.69, 9.17) is 0 Å². The van der Waals surface area contributed by atoms with Crippen molar-refractivity contribution in [2.24, 2.45) is 0 Å². The molecule has 0 atom stereocenters. The van der Waals surface area contributed by atoms with Crippen molar-refractivity contribution in [1.29, 1.82) is 0 Å². The molecule has 0 amide bonds. The molecule has 2 heteroatoms. The van der Waals surface area contributed by atoms with Crippen LogP contribution in [0.2, 0.25) is 0 Å². The molecule has 1 aromatic rings. The number of carbonyl (C=O) groups excluding carboxylic acids is 1. The van der Waals surface area contributed by atoms with Crippen molar-refractivity contribution in [2.45, 2.75) is 20.8 Å². The van der Waals surface area contributed by atoms with Crippen LogP contribution >= 0.6 is 0 Å². The molecule has 0 N–H and O–H groups in total. The van der Waals surface area contributed by atoms with Gasteiger partial charge in [-0.1, -0.05) is 12.1 Å². The van der Waals surface area contributed by atoms with Gasteiger partial charge in [-0.05, 0) is 49.1 Å². The molecule has 0 aliphatic carbocycles. The van der Waals surface area contributed by atoms with Crippen LogP contribution in [-0.4, -0.2) is 13.1 Å². The van der Waals surface area contributed by atoms with Crippen LogP contribution in [0.5, 0.6) is 0 Å². The van der Waals surface area contributed by atoms with E-state index in [1.54, 1.807) is 6.08 Å². The van der Waals surface area contributed by atoms with E-state index < -0.39 is 0 Å². The van der Waals surface area contributed by atoms with Crippen LogP contribution in [0.3, 0.4) is 0 Å². The molecule has 0 radical (unpaired) electrons. The molecule has 0 heterocycles. The number of benzene rings is 1. The van der Waals surface area contributed by atoms with Crippen LogP contribution in [-0.2, 0) is 9.53 Å². The molecular formula is C13H16O2. The van der Waals surface area contributed by atoms with Gasteiger partial charge in [0, 0.05) is 6.08 Å². The van der Waals surface area contributed by atoms with Gasteiger partial charge in [-0.3, -0.25) is 0 Å². The normalized spacial score (nSPS) is 10.7. The maximum Gasteiger partial charge on any atom is 0.330 e. The first-order chi connectivity index (χ1) is 7.04. The van der Waals surface area contributed by atoms with Gasteiger partial charge < -0.3 is 4.74 Å². The summed E-state index contributed by atoms with van der Waals surface area (Å²) in [5, 5.41) is 0. The predicted molar refractivity (Wildman–Crippen MR) is 61.7 cm³/mol. The number of carbonyl (C=O) groups is 1. The highest BCUT2D eigenvalue weighted by atomic mass is 16.5. The van der Waals surface area contributed by atoms with Gasteiger partial charge in [0.2, 0.25) is 0 Å². The highest BCUT2D eigenvalue weighted by Crippen LogP contribution is 2.16. The molecule has 1 rings (SSSR count). The number of esters is 1. The second-order valence-corrected chi connectivity index (χ2v) is 3.65. The standard InChI is InChI=1S/C13H16O2/c1-9-7-11(3)12(8-10(9)2)5-6-13(14)15-4/h5-8H,1-4H3/b6-5+. The third-order valence-corrected chi connectivity index (χ3v) is 2.48. The molecule has 80 valence electrons. The Morgan fingerprint density at radius 1 is 1.13 bits per heavy atom. The summed E-state index contributed by atoms with van der Waals surface area (Å²) in [7, 11) is 1.37. The van der Waals surface area contributed by atoms with E-state index in [2.05, 4.69) is 30.7 Å². The van der Waals surface area contributed by atoms with Gasteiger partial charge in [-0.25, -0.2) is 4.79 Å². The van der Waals surface area contributed by atoms with Gasteiger partial charge in [-0.15, -0.1) is 0 Å². The van der Waals surface area contributed by atoms with Crippen molar-refractivity contribution >= 4 is 12.0 Å². The Morgan fingerprint density at radius 3 is 2.33 bits per heavy atom. The average Bonchev–Trinajstić information content (AvgIpc) is 2.21. The Morgan fingerprint density at radius 2 is 1.73 bits per heavy atom. The minimum atomic E-state index is -0.326. The lowest BCUT2D eigenvalue weighted by molar-refractivity contribution is -0.134. The molecule has 0 aromatic heterocycles. The maximum atomic E-state index is 10.9. The highest BCUT2D eigenvalue weighted by molar-refractivity contribution is 5.87. The van der Waals surface area contributed by atoms with Gasteiger partial charge in [-0.2, -0.15) is 0 Å². The molecule has 0 aliphatic heterocycles. The van der Waals surface area contributed by atoms with Gasteiger partial charge >= 0.3 is 5.97 Å². The Balaban J connectivity index is 3.00. The number of ether oxygens (including phenoxy) is 1. The number of aryl methyl sites for hydroxylation is 3. The average molecular weight is 204 g/mol. The Kier molecular flexibility index (Phi) is 3.67. The zero-order chi connectivity index (χ0) is 11.4. The van der Waals surface area contributed by atoms with E-state index >= 15 is 0 Å². The summed E-state index contributed by atoms with van der Waals surface area (Å²) in [4.78, 5) is 10.9. The topological polar surface area (TPSA) is 26.3 Å².